The molecule has 1 aliphatic carbocycles. The topological polar surface area (TPSA) is 88.5 Å². The van der Waals surface area contributed by atoms with E-state index in [0.717, 1.165) is 13.0 Å². The van der Waals surface area contributed by atoms with E-state index in [-0.39, 0.29) is 11.9 Å². The van der Waals surface area contributed by atoms with Crippen molar-refractivity contribution < 1.29 is 9.32 Å². The van der Waals surface area contributed by atoms with Crippen LogP contribution >= 0.6 is 0 Å². The maximum Gasteiger partial charge on any atom is 0.243 e. The molecular weight excluding hydrogens is 330 g/mol. The van der Waals surface area contributed by atoms with Gasteiger partial charge in [0.05, 0.1) is 6.54 Å². The van der Waals surface area contributed by atoms with E-state index in [1.807, 2.05) is 24.1 Å². The normalized spacial score (nSPS) is 21.4. The molecule has 7 nitrogen and oxygen atoms in total. The number of aryl methyl sites for hydroxylation is 1. The molecule has 1 unspecified atom stereocenters. The van der Waals surface area contributed by atoms with Crippen molar-refractivity contribution in [1.29, 1.82) is 0 Å². The lowest BCUT2D eigenvalue weighted by Gasteiger charge is -2.29. The number of amides is 1. The van der Waals surface area contributed by atoms with Gasteiger partial charge >= 0.3 is 0 Å². The fraction of sp³-hybridized carbons (Fsp3) is 0.526. The van der Waals surface area contributed by atoms with Gasteiger partial charge in [0, 0.05) is 26.1 Å². The summed E-state index contributed by atoms with van der Waals surface area (Å²) >= 11 is 0. The molecule has 2 aliphatic rings. The van der Waals surface area contributed by atoms with Gasteiger partial charge in [-0.25, -0.2) is 0 Å². The van der Waals surface area contributed by atoms with Crippen LogP contribution in [-0.2, 0) is 24.2 Å². The number of likely N-dealkylation sites (tertiary alicyclic amines) is 1. The molecule has 0 saturated carbocycles. The summed E-state index contributed by atoms with van der Waals surface area (Å²) < 4.78 is 5.03. The molecule has 26 heavy (non-hydrogen) atoms. The summed E-state index contributed by atoms with van der Waals surface area (Å²) in [5.74, 6) is 1.32. The Morgan fingerprint density at radius 3 is 2.69 bits per heavy atom. The molecular formula is C19H25N5O2. The van der Waals surface area contributed by atoms with Gasteiger partial charge in [-0.15, -0.1) is 0 Å². The molecule has 7 heteroatoms. The number of likely N-dealkylation sites (N-methyl/N-ethyl adjacent to an activating group) is 1. The molecule has 138 valence electrons. The van der Waals surface area contributed by atoms with E-state index < -0.39 is 5.54 Å². The molecule has 2 N–H and O–H groups in total. The second-order valence-electron chi connectivity index (χ2n) is 7.62. The Bertz CT molecular complexity index is 793. The van der Waals surface area contributed by atoms with Gasteiger partial charge in [-0.3, -0.25) is 9.69 Å². The van der Waals surface area contributed by atoms with E-state index in [1.165, 1.54) is 11.1 Å². The predicted octanol–water partition coefficient (Wildman–Crippen LogP) is 0.907. The summed E-state index contributed by atoms with van der Waals surface area (Å²) in [5.41, 5.74) is 8.14. The lowest BCUT2D eigenvalue weighted by molar-refractivity contribution is -0.135. The summed E-state index contributed by atoms with van der Waals surface area (Å²) in [5, 5.41) is 3.95. The highest BCUT2D eigenvalue weighted by Gasteiger charge is 2.44. The van der Waals surface area contributed by atoms with Crippen molar-refractivity contribution in [2.45, 2.75) is 44.3 Å². The van der Waals surface area contributed by atoms with Gasteiger partial charge in [0.15, 0.2) is 5.82 Å². The van der Waals surface area contributed by atoms with Crippen LogP contribution in [-0.4, -0.2) is 57.6 Å². The Hall–Kier alpha value is -2.25. The van der Waals surface area contributed by atoms with Crippen LogP contribution in [0.3, 0.4) is 0 Å². The average Bonchev–Trinajstić information content (AvgIpc) is 3.32. The number of nitrogens with two attached hydrogens (primary N) is 1. The zero-order valence-corrected chi connectivity index (χ0v) is 15.3. The lowest BCUT2D eigenvalue weighted by atomic mass is 9.95. The number of hydrogen-bond acceptors (Lipinski definition) is 6. The zero-order valence-electron chi connectivity index (χ0n) is 15.3. The molecule has 1 fully saturated rings. The predicted molar refractivity (Wildman–Crippen MR) is 96.3 cm³/mol. The Kier molecular flexibility index (Phi) is 4.28. The van der Waals surface area contributed by atoms with Crippen LogP contribution < -0.4 is 5.73 Å². The van der Waals surface area contributed by atoms with Gasteiger partial charge in [-0.1, -0.05) is 29.4 Å². The van der Waals surface area contributed by atoms with E-state index in [9.17, 15) is 4.79 Å². The van der Waals surface area contributed by atoms with Crippen LogP contribution in [0, 0.1) is 6.92 Å². The first-order valence-electron chi connectivity index (χ1n) is 9.09. The Labute approximate surface area is 153 Å². The minimum atomic E-state index is -0.804. The molecule has 2 heterocycles. The summed E-state index contributed by atoms with van der Waals surface area (Å²) in [6.07, 6.45) is 2.18. The first kappa shape index (κ1) is 17.2. The number of aromatic nitrogens is 2. The van der Waals surface area contributed by atoms with Gasteiger partial charge < -0.3 is 15.2 Å². The molecule has 0 bridgehead atoms. The highest BCUT2D eigenvalue weighted by Crippen LogP contribution is 2.31. The minimum Gasteiger partial charge on any atom is -0.340 e. The number of carbonyl (C=O) groups excluding carboxylic acids is 1. The maximum atomic E-state index is 13.1. The summed E-state index contributed by atoms with van der Waals surface area (Å²) in [4.78, 5) is 21.5. The van der Waals surface area contributed by atoms with Crippen molar-refractivity contribution in [3.8, 4) is 0 Å². The van der Waals surface area contributed by atoms with Gasteiger partial charge in [0.25, 0.3) is 0 Å². The van der Waals surface area contributed by atoms with Crippen molar-refractivity contribution in [3.05, 3.63) is 47.1 Å². The zero-order chi connectivity index (χ0) is 18.3. The Morgan fingerprint density at radius 2 is 2.08 bits per heavy atom. The van der Waals surface area contributed by atoms with Crippen molar-refractivity contribution >= 4 is 5.91 Å². The SMILES string of the molecule is Cc1nc(CN(C)C2CCN(C(=O)C3(N)Cc4ccccc4C3)C2)no1. The third kappa shape index (κ3) is 3.12. The van der Waals surface area contributed by atoms with Crippen molar-refractivity contribution in [2.75, 3.05) is 20.1 Å². The maximum absolute atomic E-state index is 13.1. The molecule has 4 rings (SSSR count). The van der Waals surface area contributed by atoms with Gasteiger partial charge in [0.1, 0.15) is 5.54 Å². The summed E-state index contributed by atoms with van der Waals surface area (Å²) in [6.45, 7) is 3.84. The third-order valence-corrected chi connectivity index (χ3v) is 5.59. The van der Waals surface area contributed by atoms with Crippen LogP contribution in [0.15, 0.2) is 28.8 Å². The van der Waals surface area contributed by atoms with E-state index >= 15 is 0 Å². The molecule has 1 aromatic heterocycles. The number of rotatable bonds is 4. The fourth-order valence-electron chi connectivity index (χ4n) is 4.15. The van der Waals surface area contributed by atoms with Gasteiger partial charge in [0.2, 0.25) is 11.8 Å². The molecule has 1 aliphatic heterocycles. The van der Waals surface area contributed by atoms with Crippen molar-refractivity contribution in [2.24, 2.45) is 5.73 Å². The Balaban J connectivity index is 1.38. The van der Waals surface area contributed by atoms with Crippen LogP contribution in [0.1, 0.15) is 29.3 Å². The lowest BCUT2D eigenvalue weighted by Crippen LogP contribution is -2.56. The first-order valence-corrected chi connectivity index (χ1v) is 9.09. The largest absolute Gasteiger partial charge is 0.340 e. The highest BCUT2D eigenvalue weighted by molar-refractivity contribution is 5.88. The highest BCUT2D eigenvalue weighted by atomic mass is 16.5. The van der Waals surface area contributed by atoms with Crippen molar-refractivity contribution in [1.82, 2.24) is 19.9 Å². The average molecular weight is 355 g/mol. The van der Waals surface area contributed by atoms with Crippen LogP contribution in [0.5, 0.6) is 0 Å². The number of hydrogen-bond donors (Lipinski definition) is 1. The second kappa shape index (κ2) is 6.48. The monoisotopic (exact) mass is 355 g/mol. The molecule has 0 radical (unpaired) electrons. The molecule has 1 aromatic carbocycles. The molecule has 1 amide bonds. The summed E-state index contributed by atoms with van der Waals surface area (Å²) in [7, 11) is 2.04. The molecule has 1 atom stereocenters. The number of carbonyl (C=O) groups is 1. The van der Waals surface area contributed by atoms with E-state index in [4.69, 9.17) is 10.3 Å². The number of nitrogens with zero attached hydrogens (tertiary/aromatic N) is 4. The van der Waals surface area contributed by atoms with E-state index in [0.29, 0.717) is 37.6 Å². The van der Waals surface area contributed by atoms with Crippen LogP contribution in [0.4, 0.5) is 0 Å². The quantitative estimate of drug-likeness (QED) is 0.877. The fourth-order valence-corrected chi connectivity index (χ4v) is 4.15. The third-order valence-electron chi connectivity index (χ3n) is 5.59. The second-order valence-corrected chi connectivity index (χ2v) is 7.62. The standard InChI is InChI=1S/C19H25N5O2/c1-13-21-17(22-26-13)12-23(2)16-7-8-24(11-16)18(25)19(20)9-14-5-3-4-6-15(14)10-19/h3-6,16H,7-12,20H2,1-2H3. The smallest absolute Gasteiger partial charge is 0.243 e. The van der Waals surface area contributed by atoms with Crippen LogP contribution in [0.25, 0.3) is 0 Å². The summed E-state index contributed by atoms with van der Waals surface area (Å²) in [6, 6.07) is 8.45. The van der Waals surface area contributed by atoms with Gasteiger partial charge in [-0.2, -0.15) is 4.98 Å². The molecule has 0 spiro atoms. The number of benzene rings is 1. The molecule has 1 saturated heterocycles. The van der Waals surface area contributed by atoms with E-state index in [1.54, 1.807) is 6.92 Å². The molecule has 2 aromatic rings. The minimum absolute atomic E-state index is 0.0694. The Morgan fingerprint density at radius 1 is 1.38 bits per heavy atom. The first-order chi connectivity index (χ1) is 12.4. The van der Waals surface area contributed by atoms with E-state index in [2.05, 4.69) is 27.2 Å². The number of fused-ring (bicyclic) bond motifs is 1. The van der Waals surface area contributed by atoms with Gasteiger partial charge in [-0.05, 0) is 37.4 Å². The van der Waals surface area contributed by atoms with Crippen LogP contribution in [0.2, 0.25) is 0 Å². The van der Waals surface area contributed by atoms with Crippen molar-refractivity contribution in [3.63, 3.8) is 0 Å².